The minimum absolute atomic E-state index is 0.0150. The van der Waals surface area contributed by atoms with Gasteiger partial charge >= 0.3 is 0 Å². The van der Waals surface area contributed by atoms with E-state index >= 15 is 0 Å². The van der Waals surface area contributed by atoms with Gasteiger partial charge in [-0.15, -0.1) is 0 Å². The molecule has 0 aliphatic carbocycles. The van der Waals surface area contributed by atoms with Crippen molar-refractivity contribution in [3.63, 3.8) is 0 Å². The van der Waals surface area contributed by atoms with Gasteiger partial charge in [0.1, 0.15) is 5.82 Å². The van der Waals surface area contributed by atoms with Crippen LogP contribution < -0.4 is 0 Å². The van der Waals surface area contributed by atoms with Crippen molar-refractivity contribution in [1.29, 1.82) is 0 Å². The van der Waals surface area contributed by atoms with E-state index in [-0.39, 0.29) is 11.8 Å². The average molecular weight is 404 g/mol. The highest BCUT2D eigenvalue weighted by Crippen LogP contribution is 2.29. The number of piperazine rings is 1. The lowest BCUT2D eigenvalue weighted by atomic mass is 9.97. The van der Waals surface area contributed by atoms with Crippen LogP contribution in [0.15, 0.2) is 61.1 Å². The predicted octanol–water partition coefficient (Wildman–Crippen LogP) is 3.25. The maximum atomic E-state index is 14.8. The maximum absolute atomic E-state index is 14.8. The molecular weight excluding hydrogens is 383 g/mol. The van der Waals surface area contributed by atoms with Gasteiger partial charge in [0.15, 0.2) is 0 Å². The second kappa shape index (κ2) is 8.41. The molecule has 2 aromatic carbocycles. The van der Waals surface area contributed by atoms with Crippen molar-refractivity contribution >= 4 is 11.8 Å². The molecule has 30 heavy (non-hydrogen) atoms. The maximum Gasteiger partial charge on any atom is 0.254 e. The van der Waals surface area contributed by atoms with Crippen molar-refractivity contribution in [1.82, 2.24) is 19.8 Å². The van der Waals surface area contributed by atoms with Gasteiger partial charge in [0.2, 0.25) is 5.91 Å². The number of halogens is 1. The summed E-state index contributed by atoms with van der Waals surface area (Å²) in [6, 6.07) is 12.1. The van der Waals surface area contributed by atoms with Crippen LogP contribution in [0.5, 0.6) is 0 Å². The van der Waals surface area contributed by atoms with Crippen LogP contribution in [-0.2, 0) is 4.79 Å². The monoisotopic (exact) mass is 404 g/mol. The second-order valence-corrected chi connectivity index (χ2v) is 7.13. The van der Waals surface area contributed by atoms with Crippen LogP contribution >= 0.6 is 0 Å². The Labute approximate surface area is 174 Å². The zero-order chi connectivity index (χ0) is 21.1. The third kappa shape index (κ3) is 3.91. The van der Waals surface area contributed by atoms with E-state index in [1.807, 2.05) is 12.1 Å². The first-order chi connectivity index (χ1) is 14.5. The molecule has 4 rings (SSSR count). The molecule has 0 atom stereocenters. The molecule has 2 heterocycles. The van der Waals surface area contributed by atoms with Crippen molar-refractivity contribution in [2.75, 3.05) is 26.2 Å². The first-order valence-electron chi connectivity index (χ1n) is 9.74. The van der Waals surface area contributed by atoms with Gasteiger partial charge in [0.05, 0.1) is 11.9 Å². The van der Waals surface area contributed by atoms with Crippen LogP contribution in [-0.4, -0.2) is 57.8 Å². The highest BCUT2D eigenvalue weighted by molar-refractivity contribution is 6.01. The Hall–Kier alpha value is -3.61. The fourth-order valence-electron chi connectivity index (χ4n) is 3.64. The van der Waals surface area contributed by atoms with Gasteiger partial charge < -0.3 is 9.80 Å². The van der Waals surface area contributed by atoms with E-state index in [1.54, 1.807) is 34.1 Å². The van der Waals surface area contributed by atoms with Crippen molar-refractivity contribution in [2.24, 2.45) is 0 Å². The molecule has 0 unspecified atom stereocenters. The Morgan fingerprint density at radius 2 is 1.67 bits per heavy atom. The summed E-state index contributed by atoms with van der Waals surface area (Å²) in [5, 5.41) is 0. The summed E-state index contributed by atoms with van der Waals surface area (Å²) in [5.41, 5.74) is 2.61. The van der Waals surface area contributed by atoms with Crippen LogP contribution in [0.2, 0.25) is 0 Å². The molecule has 1 aromatic heterocycles. The van der Waals surface area contributed by atoms with Crippen LogP contribution in [0.1, 0.15) is 17.3 Å². The molecule has 1 fully saturated rings. The number of aromatic nitrogens is 2. The van der Waals surface area contributed by atoms with E-state index in [9.17, 15) is 14.0 Å². The summed E-state index contributed by atoms with van der Waals surface area (Å²) in [7, 11) is 0. The fourth-order valence-corrected chi connectivity index (χ4v) is 3.64. The average Bonchev–Trinajstić information content (AvgIpc) is 2.79. The SMILES string of the molecule is CC(=O)N1CCN(C(=O)c2ccccc2-c2ccc(-c3cnccn3)c(F)c2)CC1. The van der Waals surface area contributed by atoms with Crippen LogP contribution in [0.25, 0.3) is 22.4 Å². The highest BCUT2D eigenvalue weighted by atomic mass is 19.1. The Kier molecular flexibility index (Phi) is 5.52. The summed E-state index contributed by atoms with van der Waals surface area (Å²) in [6.07, 6.45) is 4.56. The third-order valence-electron chi connectivity index (χ3n) is 5.29. The molecule has 2 amide bonds. The van der Waals surface area contributed by atoms with Gasteiger partial charge in [-0.1, -0.05) is 24.3 Å². The van der Waals surface area contributed by atoms with E-state index < -0.39 is 5.82 Å². The number of hydrogen-bond donors (Lipinski definition) is 0. The molecule has 0 bridgehead atoms. The van der Waals surface area contributed by atoms with Crippen molar-refractivity contribution in [2.45, 2.75) is 6.92 Å². The molecule has 1 aliphatic rings. The molecule has 0 saturated carbocycles. The van der Waals surface area contributed by atoms with E-state index in [0.29, 0.717) is 54.1 Å². The molecule has 1 aliphatic heterocycles. The number of carbonyl (C=O) groups excluding carboxylic acids is 2. The number of hydrogen-bond acceptors (Lipinski definition) is 4. The van der Waals surface area contributed by atoms with Crippen molar-refractivity contribution < 1.29 is 14.0 Å². The Morgan fingerprint density at radius 3 is 2.33 bits per heavy atom. The van der Waals surface area contributed by atoms with Gasteiger partial charge in [0, 0.05) is 56.6 Å². The third-order valence-corrected chi connectivity index (χ3v) is 5.29. The molecule has 152 valence electrons. The van der Waals surface area contributed by atoms with Gasteiger partial charge in [-0.25, -0.2) is 4.39 Å². The smallest absolute Gasteiger partial charge is 0.254 e. The highest BCUT2D eigenvalue weighted by Gasteiger charge is 2.25. The molecule has 7 heteroatoms. The Bertz CT molecular complexity index is 1080. The molecule has 1 saturated heterocycles. The minimum Gasteiger partial charge on any atom is -0.339 e. The molecular formula is C23H21FN4O2. The van der Waals surface area contributed by atoms with E-state index in [1.165, 1.54) is 31.6 Å². The minimum atomic E-state index is -0.426. The molecule has 0 N–H and O–H groups in total. The van der Waals surface area contributed by atoms with E-state index in [4.69, 9.17) is 0 Å². The number of amides is 2. The molecule has 6 nitrogen and oxygen atoms in total. The molecule has 0 spiro atoms. The lowest BCUT2D eigenvalue weighted by Gasteiger charge is -2.34. The lowest BCUT2D eigenvalue weighted by molar-refractivity contribution is -0.130. The predicted molar refractivity (Wildman–Crippen MR) is 111 cm³/mol. The van der Waals surface area contributed by atoms with Gasteiger partial charge in [0.25, 0.3) is 5.91 Å². The topological polar surface area (TPSA) is 66.4 Å². The summed E-state index contributed by atoms with van der Waals surface area (Å²) >= 11 is 0. The number of benzene rings is 2. The zero-order valence-corrected chi connectivity index (χ0v) is 16.6. The van der Waals surface area contributed by atoms with Crippen molar-refractivity contribution in [3.05, 3.63) is 72.4 Å². The molecule has 3 aromatic rings. The zero-order valence-electron chi connectivity index (χ0n) is 16.6. The number of rotatable bonds is 3. The first kappa shape index (κ1) is 19.7. The number of carbonyl (C=O) groups is 2. The summed E-state index contributed by atoms with van der Waals surface area (Å²) in [5.74, 6) is -0.529. The quantitative estimate of drug-likeness (QED) is 0.672. The first-order valence-corrected chi connectivity index (χ1v) is 9.74. The Morgan fingerprint density at radius 1 is 0.933 bits per heavy atom. The van der Waals surface area contributed by atoms with Gasteiger partial charge in [-0.2, -0.15) is 0 Å². The van der Waals surface area contributed by atoms with E-state index in [2.05, 4.69) is 9.97 Å². The van der Waals surface area contributed by atoms with E-state index in [0.717, 1.165) is 0 Å². The van der Waals surface area contributed by atoms with Gasteiger partial charge in [-0.05, 0) is 29.3 Å². The summed E-state index contributed by atoms with van der Waals surface area (Å²) < 4.78 is 14.8. The van der Waals surface area contributed by atoms with Gasteiger partial charge in [-0.3, -0.25) is 19.6 Å². The normalized spacial score (nSPS) is 13.9. The Balaban J connectivity index is 1.62. The largest absolute Gasteiger partial charge is 0.339 e. The fraction of sp³-hybridized carbons (Fsp3) is 0.217. The summed E-state index contributed by atoms with van der Waals surface area (Å²) in [4.78, 5) is 36.3. The molecule has 0 radical (unpaired) electrons. The second-order valence-electron chi connectivity index (χ2n) is 7.13. The van der Waals surface area contributed by atoms with Crippen molar-refractivity contribution in [3.8, 4) is 22.4 Å². The van der Waals surface area contributed by atoms with Crippen LogP contribution in [0, 0.1) is 5.82 Å². The lowest BCUT2D eigenvalue weighted by Crippen LogP contribution is -2.50. The van der Waals surface area contributed by atoms with Crippen LogP contribution in [0.4, 0.5) is 4.39 Å². The van der Waals surface area contributed by atoms with Crippen LogP contribution in [0.3, 0.4) is 0 Å². The summed E-state index contributed by atoms with van der Waals surface area (Å²) in [6.45, 7) is 3.53. The number of nitrogens with zero attached hydrogens (tertiary/aromatic N) is 4. The standard InChI is InChI=1S/C23H21FN4O2/c1-16(29)27-10-12-28(13-11-27)23(30)19-5-3-2-4-18(19)17-6-7-20(21(24)14-17)22-15-25-8-9-26-22/h2-9,14-15H,10-13H2,1H3.